The predicted molar refractivity (Wildman–Crippen MR) is 134 cm³/mol. The van der Waals surface area contributed by atoms with Gasteiger partial charge in [0.15, 0.2) is 11.5 Å². The van der Waals surface area contributed by atoms with Crippen LogP contribution in [0.2, 0.25) is 0 Å². The number of nitrogens with one attached hydrogen (secondary N) is 1. The molecule has 3 aromatic rings. The van der Waals surface area contributed by atoms with Crippen LogP contribution in [0.4, 0.5) is 11.4 Å². The number of nitro groups is 1. The fraction of sp³-hybridized carbons (Fsp3) is 0.167. The number of carbonyl (C=O) groups excluding carboxylic acids is 1. The Labute approximate surface area is 208 Å². The molecule has 188 valence electrons. The van der Waals surface area contributed by atoms with Crippen molar-refractivity contribution in [3.63, 3.8) is 0 Å². The lowest BCUT2D eigenvalue weighted by molar-refractivity contribution is -0.384. The Balaban J connectivity index is 1.89. The van der Waals surface area contributed by atoms with E-state index in [9.17, 15) is 23.3 Å². The first-order valence-electron chi connectivity index (χ1n) is 10.5. The van der Waals surface area contributed by atoms with E-state index in [1.54, 1.807) is 43.3 Å². The number of para-hydroxylation sites is 1. The molecule has 0 atom stereocenters. The molecule has 0 saturated heterocycles. The number of hydrogen-bond acceptors (Lipinski definition) is 8. The lowest BCUT2D eigenvalue weighted by Crippen LogP contribution is -2.39. The molecule has 11 nitrogen and oxygen atoms in total. The molecule has 3 aromatic carbocycles. The number of hydrogen-bond donors (Lipinski definition) is 1. The highest BCUT2D eigenvalue weighted by molar-refractivity contribution is 7.92. The van der Waals surface area contributed by atoms with Gasteiger partial charge in [-0.05, 0) is 31.2 Å². The van der Waals surface area contributed by atoms with Gasteiger partial charge in [0.1, 0.15) is 6.54 Å². The van der Waals surface area contributed by atoms with Gasteiger partial charge in [0.25, 0.3) is 21.6 Å². The summed E-state index contributed by atoms with van der Waals surface area (Å²) in [4.78, 5) is 23.1. The highest BCUT2D eigenvalue weighted by Gasteiger charge is 2.28. The molecule has 0 aliphatic heterocycles. The summed E-state index contributed by atoms with van der Waals surface area (Å²) >= 11 is 0. The summed E-state index contributed by atoms with van der Waals surface area (Å²) in [6.07, 6.45) is 0. The van der Waals surface area contributed by atoms with Crippen molar-refractivity contribution in [3.05, 3.63) is 88.5 Å². The van der Waals surface area contributed by atoms with E-state index in [-0.39, 0.29) is 22.0 Å². The van der Waals surface area contributed by atoms with Crippen LogP contribution in [0.5, 0.6) is 11.5 Å². The first-order valence-corrected chi connectivity index (χ1v) is 12.0. The minimum atomic E-state index is -4.20. The third-order valence-electron chi connectivity index (χ3n) is 5.10. The summed E-state index contributed by atoms with van der Waals surface area (Å²) in [6.45, 7) is 0.987. The molecule has 36 heavy (non-hydrogen) atoms. The minimum absolute atomic E-state index is 0.104. The molecule has 0 bridgehead atoms. The van der Waals surface area contributed by atoms with Gasteiger partial charge < -0.3 is 9.47 Å². The second-order valence-electron chi connectivity index (χ2n) is 7.40. The van der Waals surface area contributed by atoms with Crippen LogP contribution in [0.3, 0.4) is 0 Å². The number of ether oxygens (including phenoxy) is 2. The van der Waals surface area contributed by atoms with Crippen LogP contribution in [0.25, 0.3) is 0 Å². The standard InChI is InChI=1S/C24H24N4O7S/c1-17(18-8-7-11-20(14-18)28(30)31)25-26-24(29)16-27(19-9-5-4-6-10-19)36(32,33)21-12-13-22(34-2)23(15-21)35-3/h4-15H,16H2,1-3H3,(H,26,29)/b25-17-. The van der Waals surface area contributed by atoms with Gasteiger partial charge >= 0.3 is 0 Å². The van der Waals surface area contributed by atoms with Crippen molar-refractivity contribution >= 4 is 33.0 Å². The van der Waals surface area contributed by atoms with E-state index in [2.05, 4.69) is 10.5 Å². The highest BCUT2D eigenvalue weighted by atomic mass is 32.2. The molecule has 0 saturated carbocycles. The van der Waals surface area contributed by atoms with Gasteiger partial charge in [-0.25, -0.2) is 13.8 Å². The number of non-ortho nitro benzene ring substituents is 1. The number of nitro benzene ring substituents is 1. The number of rotatable bonds is 10. The molecule has 3 rings (SSSR count). The van der Waals surface area contributed by atoms with Crippen molar-refractivity contribution in [3.8, 4) is 11.5 Å². The first kappa shape index (κ1) is 26.2. The zero-order chi connectivity index (χ0) is 26.3. The molecule has 1 N–H and O–H groups in total. The lowest BCUT2D eigenvalue weighted by Gasteiger charge is -2.24. The number of anilines is 1. The highest BCUT2D eigenvalue weighted by Crippen LogP contribution is 2.32. The maximum absolute atomic E-state index is 13.5. The average molecular weight is 513 g/mol. The van der Waals surface area contributed by atoms with Crippen LogP contribution in [0, 0.1) is 10.1 Å². The second kappa shape index (κ2) is 11.3. The number of sulfonamides is 1. The average Bonchev–Trinajstić information content (AvgIpc) is 2.90. The Kier molecular flexibility index (Phi) is 8.22. The van der Waals surface area contributed by atoms with E-state index in [1.807, 2.05) is 0 Å². The van der Waals surface area contributed by atoms with E-state index < -0.39 is 27.4 Å². The lowest BCUT2D eigenvalue weighted by atomic mass is 10.1. The minimum Gasteiger partial charge on any atom is -0.493 e. The number of carbonyl (C=O) groups is 1. The monoisotopic (exact) mass is 512 g/mol. The van der Waals surface area contributed by atoms with Gasteiger partial charge in [0.2, 0.25) is 0 Å². The van der Waals surface area contributed by atoms with E-state index in [1.165, 1.54) is 50.6 Å². The number of hydrazone groups is 1. The summed E-state index contributed by atoms with van der Waals surface area (Å²) in [5.41, 5.74) is 3.21. The first-order chi connectivity index (χ1) is 17.2. The Hall–Kier alpha value is -4.45. The molecule has 0 aromatic heterocycles. The maximum atomic E-state index is 13.5. The van der Waals surface area contributed by atoms with Crippen molar-refractivity contribution in [2.75, 3.05) is 25.1 Å². The smallest absolute Gasteiger partial charge is 0.270 e. The van der Waals surface area contributed by atoms with Crippen LogP contribution in [-0.4, -0.2) is 45.7 Å². The SMILES string of the molecule is COc1ccc(S(=O)(=O)N(CC(=O)N/N=C(/C)c2cccc([N+](=O)[O-])c2)c2ccccc2)cc1OC. The Morgan fingerprint density at radius 3 is 2.33 bits per heavy atom. The molecule has 0 aliphatic carbocycles. The number of amides is 1. The zero-order valence-corrected chi connectivity index (χ0v) is 20.6. The van der Waals surface area contributed by atoms with Crippen molar-refractivity contribution in [1.29, 1.82) is 0 Å². The summed E-state index contributed by atoms with van der Waals surface area (Å²) in [6, 6.07) is 18.0. The molecule has 0 aliphatic rings. The van der Waals surface area contributed by atoms with E-state index in [0.717, 1.165) is 4.31 Å². The topological polar surface area (TPSA) is 140 Å². The summed E-state index contributed by atoms with van der Waals surface area (Å²) in [5.74, 6) is -0.146. The van der Waals surface area contributed by atoms with Crippen molar-refractivity contribution < 1.29 is 27.6 Å². The molecular weight excluding hydrogens is 488 g/mol. The molecule has 0 radical (unpaired) electrons. The molecule has 0 fully saturated rings. The molecule has 0 spiro atoms. The second-order valence-corrected chi connectivity index (χ2v) is 9.27. The summed E-state index contributed by atoms with van der Waals surface area (Å²) < 4.78 is 38.4. The third kappa shape index (κ3) is 5.96. The van der Waals surface area contributed by atoms with Crippen LogP contribution >= 0.6 is 0 Å². The zero-order valence-electron chi connectivity index (χ0n) is 19.7. The molecular formula is C24H24N4O7S. The van der Waals surface area contributed by atoms with Crippen molar-refractivity contribution in [2.24, 2.45) is 5.10 Å². The van der Waals surface area contributed by atoms with Gasteiger partial charge in [0, 0.05) is 23.8 Å². The molecule has 1 amide bonds. The Morgan fingerprint density at radius 1 is 1.00 bits per heavy atom. The van der Waals surface area contributed by atoms with Gasteiger partial charge in [-0.15, -0.1) is 0 Å². The molecule has 0 unspecified atom stereocenters. The van der Waals surface area contributed by atoms with Crippen LogP contribution < -0.4 is 19.2 Å². The number of methoxy groups -OCH3 is 2. The fourth-order valence-corrected chi connectivity index (χ4v) is 4.67. The Morgan fingerprint density at radius 2 is 1.69 bits per heavy atom. The quantitative estimate of drug-likeness (QED) is 0.249. The molecule has 0 heterocycles. The van der Waals surface area contributed by atoms with Gasteiger partial charge in [0.05, 0.1) is 35.4 Å². The maximum Gasteiger partial charge on any atom is 0.270 e. The van der Waals surface area contributed by atoms with Gasteiger partial charge in [-0.1, -0.05) is 30.3 Å². The van der Waals surface area contributed by atoms with Crippen molar-refractivity contribution in [1.82, 2.24) is 5.43 Å². The van der Waals surface area contributed by atoms with Crippen LogP contribution in [0.15, 0.2) is 82.8 Å². The van der Waals surface area contributed by atoms with E-state index >= 15 is 0 Å². The number of nitrogens with zero attached hydrogens (tertiary/aromatic N) is 3. The van der Waals surface area contributed by atoms with Crippen LogP contribution in [-0.2, 0) is 14.8 Å². The Bertz CT molecular complexity index is 1390. The van der Waals surface area contributed by atoms with E-state index in [0.29, 0.717) is 17.0 Å². The van der Waals surface area contributed by atoms with Crippen LogP contribution in [0.1, 0.15) is 12.5 Å². The van der Waals surface area contributed by atoms with E-state index in [4.69, 9.17) is 9.47 Å². The molecule has 12 heteroatoms. The van der Waals surface area contributed by atoms with Gasteiger partial charge in [-0.3, -0.25) is 19.2 Å². The fourth-order valence-electron chi connectivity index (χ4n) is 3.23. The number of benzene rings is 3. The third-order valence-corrected chi connectivity index (χ3v) is 6.87. The summed E-state index contributed by atoms with van der Waals surface area (Å²) in [7, 11) is -1.38. The largest absolute Gasteiger partial charge is 0.493 e. The summed E-state index contributed by atoms with van der Waals surface area (Å²) in [5, 5.41) is 15.0. The van der Waals surface area contributed by atoms with Crippen molar-refractivity contribution in [2.45, 2.75) is 11.8 Å². The predicted octanol–water partition coefficient (Wildman–Crippen LogP) is 3.35. The van der Waals surface area contributed by atoms with Gasteiger partial charge in [-0.2, -0.15) is 5.10 Å². The normalized spacial score (nSPS) is 11.5.